The number of sulfonamides is 1. The summed E-state index contributed by atoms with van der Waals surface area (Å²) in [5.41, 5.74) is 6.61. The van der Waals surface area contributed by atoms with Crippen molar-refractivity contribution in [2.75, 3.05) is 37.6 Å². The molecule has 0 spiro atoms. The smallest absolute Gasteiger partial charge is 0.218 e. The van der Waals surface area contributed by atoms with Gasteiger partial charge in [-0.1, -0.05) is 18.2 Å². The number of hydrogen-bond acceptors (Lipinski definition) is 4. The lowest BCUT2D eigenvalue weighted by molar-refractivity contribution is 0.380. The van der Waals surface area contributed by atoms with Gasteiger partial charge in [-0.2, -0.15) is 4.31 Å². The van der Waals surface area contributed by atoms with E-state index in [1.165, 1.54) is 0 Å². The van der Waals surface area contributed by atoms with Crippen LogP contribution in [0.5, 0.6) is 0 Å². The van der Waals surface area contributed by atoms with Gasteiger partial charge < -0.3 is 10.6 Å². The zero-order valence-electron chi connectivity index (χ0n) is 11.2. The van der Waals surface area contributed by atoms with E-state index in [-0.39, 0.29) is 6.54 Å². The van der Waals surface area contributed by atoms with Crippen LogP contribution in [0.2, 0.25) is 0 Å². The molecule has 0 bridgehead atoms. The summed E-state index contributed by atoms with van der Waals surface area (Å²) in [5.74, 6) is 0. The summed E-state index contributed by atoms with van der Waals surface area (Å²) < 4.78 is 25.9. The van der Waals surface area contributed by atoms with Crippen LogP contribution in [0.25, 0.3) is 0 Å². The molecule has 1 fully saturated rings. The van der Waals surface area contributed by atoms with E-state index in [0.29, 0.717) is 13.1 Å². The summed E-state index contributed by atoms with van der Waals surface area (Å²) in [5, 5.41) is -0.504. The predicted molar refractivity (Wildman–Crippen MR) is 77.7 cm³/mol. The van der Waals surface area contributed by atoms with Gasteiger partial charge in [0.05, 0.1) is 5.25 Å². The number of nitrogens with zero attached hydrogens (tertiary/aromatic N) is 2. The fourth-order valence-electron chi connectivity index (χ4n) is 2.22. The average molecular weight is 283 g/mol. The average Bonchev–Trinajstić information content (AvgIpc) is 2.47. The molecule has 0 unspecified atom stereocenters. The SMILES string of the molecule is C[C@@H](CN)S(=O)(=O)N1CCN(c2ccccc2)CC1. The molecule has 5 nitrogen and oxygen atoms in total. The van der Waals surface area contributed by atoms with Crippen LogP contribution in [0.1, 0.15) is 6.92 Å². The van der Waals surface area contributed by atoms with Crippen molar-refractivity contribution in [3.05, 3.63) is 30.3 Å². The molecule has 1 aromatic rings. The lowest BCUT2D eigenvalue weighted by atomic mass is 10.2. The maximum absolute atomic E-state index is 12.2. The zero-order valence-corrected chi connectivity index (χ0v) is 12.0. The van der Waals surface area contributed by atoms with Crippen molar-refractivity contribution in [2.45, 2.75) is 12.2 Å². The van der Waals surface area contributed by atoms with Crippen molar-refractivity contribution in [3.63, 3.8) is 0 Å². The van der Waals surface area contributed by atoms with Crippen LogP contribution >= 0.6 is 0 Å². The molecule has 0 aliphatic carbocycles. The minimum atomic E-state index is -3.24. The zero-order chi connectivity index (χ0) is 13.9. The van der Waals surface area contributed by atoms with Gasteiger partial charge in [-0.25, -0.2) is 8.42 Å². The summed E-state index contributed by atoms with van der Waals surface area (Å²) in [6.07, 6.45) is 0. The molecule has 2 N–H and O–H groups in total. The first-order valence-corrected chi connectivity index (χ1v) is 8.05. The fourth-order valence-corrected chi connectivity index (χ4v) is 3.64. The van der Waals surface area contributed by atoms with Crippen molar-refractivity contribution >= 4 is 15.7 Å². The van der Waals surface area contributed by atoms with E-state index >= 15 is 0 Å². The van der Waals surface area contributed by atoms with Crippen LogP contribution in [0, 0.1) is 0 Å². The molecule has 0 radical (unpaired) electrons. The number of para-hydroxylation sites is 1. The molecule has 106 valence electrons. The fraction of sp³-hybridized carbons (Fsp3) is 0.538. The molecule has 1 atom stereocenters. The van der Waals surface area contributed by atoms with Crippen LogP contribution < -0.4 is 10.6 Å². The molecule has 19 heavy (non-hydrogen) atoms. The number of anilines is 1. The largest absolute Gasteiger partial charge is 0.369 e. The van der Waals surface area contributed by atoms with Gasteiger partial charge in [-0.3, -0.25) is 0 Å². The predicted octanol–water partition coefficient (Wildman–Crippen LogP) is 0.486. The summed E-state index contributed by atoms with van der Waals surface area (Å²) in [7, 11) is -3.24. The quantitative estimate of drug-likeness (QED) is 0.873. The summed E-state index contributed by atoms with van der Waals surface area (Å²) in [6, 6.07) is 10.1. The Balaban J connectivity index is 2.00. The van der Waals surface area contributed by atoms with Gasteiger partial charge >= 0.3 is 0 Å². The van der Waals surface area contributed by atoms with Crippen molar-refractivity contribution < 1.29 is 8.42 Å². The number of piperazine rings is 1. The van der Waals surface area contributed by atoms with Gasteiger partial charge in [-0.15, -0.1) is 0 Å². The van der Waals surface area contributed by atoms with Gasteiger partial charge in [0.1, 0.15) is 0 Å². The highest BCUT2D eigenvalue weighted by molar-refractivity contribution is 7.89. The van der Waals surface area contributed by atoms with E-state index in [1.54, 1.807) is 11.2 Å². The topological polar surface area (TPSA) is 66.6 Å². The first-order chi connectivity index (χ1) is 9.05. The second-order valence-corrected chi connectivity index (χ2v) is 7.16. The van der Waals surface area contributed by atoms with E-state index in [4.69, 9.17) is 5.73 Å². The number of nitrogens with two attached hydrogens (primary N) is 1. The molecule has 0 saturated carbocycles. The minimum absolute atomic E-state index is 0.168. The maximum atomic E-state index is 12.2. The first kappa shape index (κ1) is 14.3. The Morgan fingerprint density at radius 1 is 1.16 bits per heavy atom. The first-order valence-electron chi connectivity index (χ1n) is 6.54. The Morgan fingerprint density at radius 2 is 1.74 bits per heavy atom. The monoisotopic (exact) mass is 283 g/mol. The van der Waals surface area contributed by atoms with Gasteiger partial charge in [-0.05, 0) is 19.1 Å². The van der Waals surface area contributed by atoms with Crippen molar-refractivity contribution in [1.29, 1.82) is 0 Å². The lowest BCUT2D eigenvalue weighted by Crippen LogP contribution is -2.51. The van der Waals surface area contributed by atoms with Crippen LogP contribution in [0.15, 0.2) is 30.3 Å². The molecule has 0 amide bonds. The van der Waals surface area contributed by atoms with Crippen LogP contribution in [0.4, 0.5) is 5.69 Å². The van der Waals surface area contributed by atoms with E-state index < -0.39 is 15.3 Å². The summed E-state index contributed by atoms with van der Waals surface area (Å²) >= 11 is 0. The number of benzene rings is 1. The minimum Gasteiger partial charge on any atom is -0.369 e. The van der Waals surface area contributed by atoms with Gasteiger partial charge in [0.2, 0.25) is 10.0 Å². The summed E-state index contributed by atoms with van der Waals surface area (Å²) in [6.45, 7) is 4.34. The van der Waals surface area contributed by atoms with Gasteiger partial charge in [0.25, 0.3) is 0 Å². The highest BCUT2D eigenvalue weighted by Gasteiger charge is 2.30. The molecule has 1 heterocycles. The Kier molecular flexibility index (Phi) is 4.44. The van der Waals surface area contributed by atoms with E-state index in [2.05, 4.69) is 4.90 Å². The Morgan fingerprint density at radius 3 is 2.26 bits per heavy atom. The van der Waals surface area contributed by atoms with E-state index in [1.807, 2.05) is 30.3 Å². The van der Waals surface area contributed by atoms with Gasteiger partial charge in [0.15, 0.2) is 0 Å². The Bertz CT molecular complexity index is 496. The van der Waals surface area contributed by atoms with Gasteiger partial charge in [0, 0.05) is 38.4 Å². The van der Waals surface area contributed by atoms with Crippen LogP contribution in [-0.2, 0) is 10.0 Å². The highest BCUT2D eigenvalue weighted by Crippen LogP contribution is 2.18. The van der Waals surface area contributed by atoms with Crippen molar-refractivity contribution in [3.8, 4) is 0 Å². The molecule has 1 aliphatic rings. The normalized spacial score (nSPS) is 19.4. The van der Waals surface area contributed by atoms with Crippen molar-refractivity contribution in [1.82, 2.24) is 4.31 Å². The van der Waals surface area contributed by atoms with E-state index in [9.17, 15) is 8.42 Å². The molecule has 6 heteroatoms. The standard InChI is InChI=1S/C13H21N3O2S/c1-12(11-14)19(17,18)16-9-7-15(8-10-16)13-5-3-2-4-6-13/h2-6,12H,7-11,14H2,1H3/t12-/m0/s1. The molecule has 1 aromatic carbocycles. The number of rotatable bonds is 4. The van der Waals surface area contributed by atoms with Crippen molar-refractivity contribution in [2.24, 2.45) is 5.73 Å². The lowest BCUT2D eigenvalue weighted by Gasteiger charge is -2.36. The molecular weight excluding hydrogens is 262 g/mol. The second-order valence-electron chi connectivity index (χ2n) is 4.81. The molecule has 0 aromatic heterocycles. The molecule has 2 rings (SSSR count). The summed E-state index contributed by atoms with van der Waals surface area (Å²) in [4.78, 5) is 2.21. The van der Waals surface area contributed by atoms with Crippen LogP contribution in [-0.4, -0.2) is 50.7 Å². The van der Waals surface area contributed by atoms with E-state index in [0.717, 1.165) is 18.8 Å². The molecule has 1 aliphatic heterocycles. The Labute approximate surface area is 115 Å². The third-order valence-corrected chi connectivity index (χ3v) is 5.85. The van der Waals surface area contributed by atoms with Crippen LogP contribution in [0.3, 0.4) is 0 Å². The molecular formula is C13H21N3O2S. The maximum Gasteiger partial charge on any atom is 0.218 e. The molecule has 1 saturated heterocycles. The third-order valence-electron chi connectivity index (χ3n) is 3.56. The second kappa shape index (κ2) is 5.90. The third kappa shape index (κ3) is 3.08. The Hall–Kier alpha value is -1.11. The highest BCUT2D eigenvalue weighted by atomic mass is 32.2. The number of hydrogen-bond donors (Lipinski definition) is 1.